The number of hydrogen-bond acceptors (Lipinski definition) is 5. The monoisotopic (exact) mass is 503 g/mol. The van der Waals surface area contributed by atoms with E-state index in [0.29, 0.717) is 27.7 Å². The maximum Gasteiger partial charge on any atom is 0.233 e. The van der Waals surface area contributed by atoms with Crippen LogP contribution in [0, 0.1) is 5.92 Å². The molecule has 2 aromatic carbocycles. The van der Waals surface area contributed by atoms with E-state index in [9.17, 15) is 4.79 Å². The first kappa shape index (κ1) is 23.6. The maximum atomic E-state index is 13.0. The second kappa shape index (κ2) is 11.1. The molecule has 6 nitrogen and oxygen atoms in total. The average Bonchev–Trinajstić information content (AvgIpc) is 3.33. The van der Waals surface area contributed by atoms with Gasteiger partial charge in [0.25, 0.3) is 0 Å². The third-order valence-electron chi connectivity index (χ3n) is 6.30. The number of pyridine rings is 1. The number of nitrogens with zero attached hydrogens (tertiary/aromatic N) is 5. The van der Waals surface area contributed by atoms with Gasteiger partial charge in [-0.2, -0.15) is 0 Å². The second-order valence-corrected chi connectivity index (χ2v) is 10.0. The second-order valence-electron chi connectivity index (χ2n) is 8.66. The molecule has 0 unspecified atom stereocenters. The summed E-state index contributed by atoms with van der Waals surface area (Å²) < 4.78 is 1.96. The number of halogens is 1. The smallest absolute Gasteiger partial charge is 0.233 e. The Morgan fingerprint density at radius 3 is 2.46 bits per heavy atom. The molecule has 4 aromatic rings. The van der Waals surface area contributed by atoms with Crippen molar-refractivity contribution in [2.75, 3.05) is 18.8 Å². The zero-order chi connectivity index (χ0) is 24.0. The summed E-state index contributed by atoms with van der Waals surface area (Å²) in [6, 6.07) is 21.9. The van der Waals surface area contributed by atoms with E-state index < -0.39 is 0 Å². The van der Waals surface area contributed by atoms with Crippen LogP contribution in [-0.2, 0) is 11.2 Å². The van der Waals surface area contributed by atoms with Gasteiger partial charge in [0.2, 0.25) is 5.91 Å². The zero-order valence-corrected chi connectivity index (χ0v) is 20.8. The van der Waals surface area contributed by atoms with Crippen molar-refractivity contribution in [2.45, 2.75) is 24.4 Å². The Morgan fingerprint density at radius 1 is 0.971 bits per heavy atom. The number of benzene rings is 2. The molecule has 0 aliphatic carbocycles. The molecule has 1 aliphatic rings. The molecule has 8 heteroatoms. The van der Waals surface area contributed by atoms with Crippen LogP contribution in [0.3, 0.4) is 0 Å². The van der Waals surface area contributed by atoms with E-state index >= 15 is 0 Å². The minimum Gasteiger partial charge on any atom is -0.342 e. The average molecular weight is 504 g/mol. The van der Waals surface area contributed by atoms with Gasteiger partial charge in [0.05, 0.1) is 5.75 Å². The number of rotatable bonds is 7. The Kier molecular flexibility index (Phi) is 7.45. The molecule has 0 saturated carbocycles. The van der Waals surface area contributed by atoms with Gasteiger partial charge < -0.3 is 4.90 Å². The predicted molar refractivity (Wildman–Crippen MR) is 140 cm³/mol. The number of piperidine rings is 1. The van der Waals surface area contributed by atoms with E-state index in [-0.39, 0.29) is 5.91 Å². The normalized spacial score (nSPS) is 14.3. The van der Waals surface area contributed by atoms with Crippen molar-refractivity contribution < 1.29 is 4.79 Å². The lowest BCUT2D eigenvalue weighted by atomic mass is 9.90. The highest BCUT2D eigenvalue weighted by Gasteiger charge is 2.24. The lowest BCUT2D eigenvalue weighted by molar-refractivity contribution is -0.129. The van der Waals surface area contributed by atoms with Gasteiger partial charge in [-0.05, 0) is 67.1 Å². The van der Waals surface area contributed by atoms with Crippen LogP contribution in [0.1, 0.15) is 18.4 Å². The van der Waals surface area contributed by atoms with Crippen molar-refractivity contribution in [1.82, 2.24) is 24.6 Å². The summed E-state index contributed by atoms with van der Waals surface area (Å²) in [5.74, 6) is 1.77. The molecule has 0 atom stereocenters. The highest BCUT2D eigenvalue weighted by molar-refractivity contribution is 7.99. The van der Waals surface area contributed by atoms with Crippen LogP contribution in [0.5, 0.6) is 0 Å². The van der Waals surface area contributed by atoms with Crippen molar-refractivity contribution in [3.63, 3.8) is 0 Å². The topological polar surface area (TPSA) is 63.9 Å². The highest BCUT2D eigenvalue weighted by atomic mass is 35.5. The number of carbonyl (C=O) groups excluding carboxylic acids is 1. The minimum atomic E-state index is 0.141. The number of aromatic nitrogens is 4. The first-order chi connectivity index (χ1) is 17.2. The molecule has 5 rings (SSSR count). The van der Waals surface area contributed by atoms with Crippen LogP contribution < -0.4 is 0 Å². The summed E-state index contributed by atoms with van der Waals surface area (Å²) in [5, 5.41) is 10.2. The number of carbonyl (C=O) groups is 1. The first-order valence-corrected chi connectivity index (χ1v) is 13.1. The third-order valence-corrected chi connectivity index (χ3v) is 7.46. The van der Waals surface area contributed by atoms with Crippen molar-refractivity contribution in [3.05, 3.63) is 89.7 Å². The molecule has 0 spiro atoms. The summed E-state index contributed by atoms with van der Waals surface area (Å²) in [5.41, 5.74) is 3.11. The molecule has 178 valence electrons. The Morgan fingerprint density at radius 2 is 1.74 bits per heavy atom. The van der Waals surface area contributed by atoms with Gasteiger partial charge in [-0.15, -0.1) is 10.2 Å². The fraction of sp³-hybridized carbons (Fsp3) is 0.259. The van der Waals surface area contributed by atoms with Crippen LogP contribution >= 0.6 is 23.4 Å². The van der Waals surface area contributed by atoms with Gasteiger partial charge in [0.1, 0.15) is 0 Å². The molecule has 0 N–H and O–H groups in total. The summed E-state index contributed by atoms with van der Waals surface area (Å²) in [7, 11) is 0. The molecule has 3 heterocycles. The summed E-state index contributed by atoms with van der Waals surface area (Å²) in [4.78, 5) is 19.2. The summed E-state index contributed by atoms with van der Waals surface area (Å²) in [6.45, 7) is 1.61. The zero-order valence-electron chi connectivity index (χ0n) is 19.3. The van der Waals surface area contributed by atoms with Crippen LogP contribution in [0.15, 0.2) is 84.3 Å². The predicted octanol–water partition coefficient (Wildman–Crippen LogP) is 5.56. The van der Waals surface area contributed by atoms with Gasteiger partial charge in [-0.25, -0.2) is 0 Å². The lowest BCUT2D eigenvalue weighted by Gasteiger charge is -2.32. The molecular formula is C27H26ClN5OS. The van der Waals surface area contributed by atoms with Crippen molar-refractivity contribution in [2.24, 2.45) is 5.92 Å². The van der Waals surface area contributed by atoms with Crippen LogP contribution in [0.2, 0.25) is 5.02 Å². The van der Waals surface area contributed by atoms with Gasteiger partial charge in [-0.3, -0.25) is 14.3 Å². The molecule has 35 heavy (non-hydrogen) atoms. The largest absolute Gasteiger partial charge is 0.342 e. The van der Waals surface area contributed by atoms with Gasteiger partial charge in [0.15, 0.2) is 11.0 Å². The maximum absolute atomic E-state index is 13.0. The number of hydrogen-bond donors (Lipinski definition) is 0. The highest BCUT2D eigenvalue weighted by Crippen LogP contribution is 2.29. The Balaban J connectivity index is 1.25. The van der Waals surface area contributed by atoms with E-state index in [1.165, 1.54) is 17.3 Å². The number of amides is 1. The molecule has 1 aliphatic heterocycles. The summed E-state index contributed by atoms with van der Waals surface area (Å²) in [6.07, 6.45) is 6.65. The Hall–Kier alpha value is -3.16. The van der Waals surface area contributed by atoms with Crippen LogP contribution in [0.4, 0.5) is 0 Å². The molecule has 0 radical (unpaired) electrons. The van der Waals surface area contributed by atoms with Gasteiger partial charge in [-0.1, -0.05) is 53.7 Å². The molecular weight excluding hydrogens is 478 g/mol. The quantitative estimate of drug-likeness (QED) is 0.309. The van der Waals surface area contributed by atoms with E-state index in [1.807, 2.05) is 45.9 Å². The number of thioether (sulfide) groups is 1. The van der Waals surface area contributed by atoms with Gasteiger partial charge in [0, 0.05) is 41.8 Å². The van der Waals surface area contributed by atoms with E-state index in [1.54, 1.807) is 12.4 Å². The van der Waals surface area contributed by atoms with Crippen LogP contribution in [-0.4, -0.2) is 49.4 Å². The van der Waals surface area contributed by atoms with Crippen molar-refractivity contribution in [1.29, 1.82) is 0 Å². The van der Waals surface area contributed by atoms with E-state index in [2.05, 4.69) is 45.5 Å². The molecule has 1 amide bonds. The SMILES string of the molecule is O=C(CSc1nnc(-c2cccnc2)n1-c1ccc(Cl)cc1)N1CCC(Cc2ccccc2)CC1. The first-order valence-electron chi connectivity index (χ1n) is 11.7. The minimum absolute atomic E-state index is 0.141. The fourth-order valence-electron chi connectivity index (χ4n) is 4.42. The summed E-state index contributed by atoms with van der Waals surface area (Å²) >= 11 is 7.52. The Bertz CT molecular complexity index is 1260. The van der Waals surface area contributed by atoms with Crippen LogP contribution in [0.25, 0.3) is 17.1 Å². The third kappa shape index (κ3) is 5.74. The molecule has 1 fully saturated rings. The van der Waals surface area contributed by atoms with Crippen molar-refractivity contribution >= 4 is 29.3 Å². The molecule has 0 bridgehead atoms. The molecule has 1 saturated heterocycles. The van der Waals surface area contributed by atoms with E-state index in [4.69, 9.17) is 11.6 Å². The van der Waals surface area contributed by atoms with E-state index in [0.717, 1.165) is 43.6 Å². The fourth-order valence-corrected chi connectivity index (χ4v) is 5.40. The molecule has 2 aromatic heterocycles. The van der Waals surface area contributed by atoms with Crippen molar-refractivity contribution in [3.8, 4) is 17.1 Å². The standard InChI is InChI=1S/C27H26ClN5OS/c28-23-8-10-24(11-9-23)33-26(22-7-4-14-29-18-22)30-31-27(33)35-19-25(34)32-15-12-21(13-16-32)17-20-5-2-1-3-6-20/h1-11,14,18,21H,12-13,15-17,19H2. The number of likely N-dealkylation sites (tertiary alicyclic amines) is 1. The van der Waals surface area contributed by atoms with Gasteiger partial charge >= 0.3 is 0 Å². The Labute approximate surface area is 214 Å². The lowest BCUT2D eigenvalue weighted by Crippen LogP contribution is -2.39.